The van der Waals surface area contributed by atoms with Crippen LogP contribution >= 0.6 is 11.6 Å². The van der Waals surface area contributed by atoms with Crippen molar-refractivity contribution in [1.82, 2.24) is 4.98 Å². The van der Waals surface area contributed by atoms with Gasteiger partial charge in [0.1, 0.15) is 5.82 Å². The van der Waals surface area contributed by atoms with Crippen LogP contribution in [-0.4, -0.2) is 24.0 Å². The molecule has 6 heteroatoms. The predicted molar refractivity (Wildman–Crippen MR) is 64.9 cm³/mol. The van der Waals surface area contributed by atoms with Crippen molar-refractivity contribution < 1.29 is 13.2 Å². The molecule has 2 nitrogen and oxygen atoms in total. The molecule has 0 aliphatic heterocycles. The zero-order chi connectivity index (χ0) is 13.3. The molecule has 0 saturated heterocycles. The first-order valence-electron chi connectivity index (χ1n) is 5.75. The molecule has 0 radical (unpaired) electrons. The maximum absolute atomic E-state index is 12.8. The summed E-state index contributed by atoms with van der Waals surface area (Å²) in [5, 5.41) is 0.175. The van der Waals surface area contributed by atoms with Crippen molar-refractivity contribution >= 4 is 17.4 Å². The maximum Gasteiger partial charge on any atom is 0.419 e. The molecular formula is C12H14ClF3N2. The standard InChI is InChI=1S/C12H14ClF3N2/c1-18(7-8-5-9(13)6-8)11-10(12(14,15)16)3-2-4-17-11/h2-4,8-9H,5-7H2,1H3. The van der Waals surface area contributed by atoms with Gasteiger partial charge >= 0.3 is 6.18 Å². The third kappa shape index (κ3) is 2.88. The predicted octanol–water partition coefficient (Wildman–Crippen LogP) is 3.55. The summed E-state index contributed by atoms with van der Waals surface area (Å²) in [7, 11) is 1.64. The first kappa shape index (κ1) is 13.5. The number of halogens is 4. The van der Waals surface area contributed by atoms with Gasteiger partial charge in [-0.25, -0.2) is 4.98 Å². The number of hydrogen-bond acceptors (Lipinski definition) is 2. The van der Waals surface area contributed by atoms with Crippen molar-refractivity contribution in [2.45, 2.75) is 24.4 Å². The van der Waals surface area contributed by atoms with E-state index in [1.54, 1.807) is 11.9 Å². The molecule has 0 bridgehead atoms. The minimum atomic E-state index is -4.37. The number of pyridine rings is 1. The molecule has 1 saturated carbocycles. The molecule has 18 heavy (non-hydrogen) atoms. The van der Waals surface area contributed by atoms with Crippen LogP contribution in [0.4, 0.5) is 19.0 Å². The average Bonchev–Trinajstić information content (AvgIpc) is 2.26. The summed E-state index contributed by atoms with van der Waals surface area (Å²) in [5.74, 6) is 0.351. The molecule has 0 spiro atoms. The molecule has 1 aliphatic carbocycles. The van der Waals surface area contributed by atoms with Gasteiger partial charge in [-0.15, -0.1) is 11.6 Å². The van der Waals surface area contributed by atoms with E-state index in [0.717, 1.165) is 18.9 Å². The highest BCUT2D eigenvalue weighted by Crippen LogP contribution is 2.37. The van der Waals surface area contributed by atoms with Gasteiger partial charge in [0.25, 0.3) is 0 Å². The van der Waals surface area contributed by atoms with Crippen LogP contribution in [0.1, 0.15) is 18.4 Å². The molecule has 0 amide bonds. The Bertz CT molecular complexity index is 416. The van der Waals surface area contributed by atoms with Gasteiger partial charge < -0.3 is 4.90 Å². The van der Waals surface area contributed by atoms with E-state index in [9.17, 15) is 13.2 Å². The molecule has 0 aromatic carbocycles. The molecule has 100 valence electrons. The van der Waals surface area contributed by atoms with Crippen molar-refractivity contribution in [3.63, 3.8) is 0 Å². The number of hydrogen-bond donors (Lipinski definition) is 0. The third-order valence-electron chi connectivity index (χ3n) is 3.16. The quantitative estimate of drug-likeness (QED) is 0.786. The molecule has 2 rings (SSSR count). The van der Waals surface area contributed by atoms with Gasteiger partial charge in [-0.3, -0.25) is 0 Å². The number of rotatable bonds is 3. The Morgan fingerprint density at radius 2 is 2.11 bits per heavy atom. The lowest BCUT2D eigenvalue weighted by Crippen LogP contribution is -2.36. The van der Waals surface area contributed by atoms with Crippen LogP contribution < -0.4 is 4.90 Å². The Balaban J connectivity index is 2.12. The SMILES string of the molecule is CN(CC1CC(Cl)C1)c1ncccc1C(F)(F)F. The minimum Gasteiger partial charge on any atom is -0.359 e. The van der Waals surface area contributed by atoms with Crippen molar-refractivity contribution in [1.29, 1.82) is 0 Å². The molecule has 1 aliphatic rings. The Hall–Kier alpha value is -0.970. The first-order valence-corrected chi connectivity index (χ1v) is 6.19. The molecule has 0 unspecified atom stereocenters. The smallest absolute Gasteiger partial charge is 0.359 e. The summed E-state index contributed by atoms with van der Waals surface area (Å²) in [6.45, 7) is 0.559. The summed E-state index contributed by atoms with van der Waals surface area (Å²) in [5.41, 5.74) is -0.686. The second-order valence-electron chi connectivity index (χ2n) is 4.69. The number of aromatic nitrogens is 1. The number of nitrogens with zero attached hydrogens (tertiary/aromatic N) is 2. The van der Waals surface area contributed by atoms with Crippen LogP contribution in [0.5, 0.6) is 0 Å². The topological polar surface area (TPSA) is 16.1 Å². The van der Waals surface area contributed by atoms with Crippen LogP contribution in [0.25, 0.3) is 0 Å². The van der Waals surface area contributed by atoms with E-state index in [0.29, 0.717) is 12.5 Å². The first-order chi connectivity index (χ1) is 8.38. The largest absolute Gasteiger partial charge is 0.419 e. The lowest BCUT2D eigenvalue weighted by Gasteiger charge is -2.35. The van der Waals surface area contributed by atoms with Crippen molar-refractivity contribution in [2.24, 2.45) is 5.92 Å². The Morgan fingerprint density at radius 1 is 1.44 bits per heavy atom. The monoisotopic (exact) mass is 278 g/mol. The van der Waals surface area contributed by atoms with Crippen molar-refractivity contribution in [2.75, 3.05) is 18.5 Å². The highest BCUT2D eigenvalue weighted by Gasteiger charge is 2.36. The highest BCUT2D eigenvalue weighted by atomic mass is 35.5. The molecule has 0 atom stereocenters. The second-order valence-corrected chi connectivity index (χ2v) is 5.30. The summed E-state index contributed by atoms with van der Waals surface area (Å²) < 4.78 is 38.4. The fourth-order valence-corrected chi connectivity index (χ4v) is 2.70. The van der Waals surface area contributed by atoms with Gasteiger partial charge in [0.2, 0.25) is 0 Å². The van der Waals surface area contributed by atoms with E-state index >= 15 is 0 Å². The number of alkyl halides is 4. The highest BCUT2D eigenvalue weighted by molar-refractivity contribution is 6.21. The summed E-state index contributed by atoms with van der Waals surface area (Å²) in [6, 6.07) is 2.36. The third-order valence-corrected chi connectivity index (χ3v) is 3.52. The molecule has 1 aromatic rings. The number of anilines is 1. The van der Waals surface area contributed by atoms with E-state index in [4.69, 9.17) is 11.6 Å². The summed E-state index contributed by atoms with van der Waals surface area (Å²) in [6.07, 6.45) is -1.27. The Labute approximate surface area is 109 Å². The Kier molecular flexibility index (Phi) is 3.71. The van der Waals surface area contributed by atoms with Crippen molar-refractivity contribution in [3.8, 4) is 0 Å². The van der Waals surface area contributed by atoms with E-state index in [2.05, 4.69) is 4.98 Å². The normalized spacial score (nSPS) is 23.6. The van der Waals surface area contributed by atoms with Gasteiger partial charge in [0, 0.05) is 25.2 Å². The van der Waals surface area contributed by atoms with Crippen LogP contribution in [0, 0.1) is 5.92 Å². The van der Waals surface area contributed by atoms with Crippen LogP contribution in [-0.2, 0) is 6.18 Å². The van der Waals surface area contributed by atoms with Crippen LogP contribution in [0.15, 0.2) is 18.3 Å². The zero-order valence-electron chi connectivity index (χ0n) is 9.91. The van der Waals surface area contributed by atoms with Crippen molar-refractivity contribution in [3.05, 3.63) is 23.9 Å². The molecule has 0 N–H and O–H groups in total. The lowest BCUT2D eigenvalue weighted by atomic mass is 9.84. The van der Waals surface area contributed by atoms with E-state index in [1.165, 1.54) is 12.3 Å². The Morgan fingerprint density at radius 3 is 2.67 bits per heavy atom. The maximum atomic E-state index is 12.8. The van der Waals surface area contributed by atoms with Gasteiger partial charge in [0.15, 0.2) is 0 Å². The average molecular weight is 279 g/mol. The summed E-state index contributed by atoms with van der Waals surface area (Å²) >= 11 is 5.86. The second kappa shape index (κ2) is 4.96. The fourth-order valence-electron chi connectivity index (χ4n) is 2.20. The van der Waals surface area contributed by atoms with Crippen LogP contribution in [0.3, 0.4) is 0 Å². The molecule has 1 aromatic heterocycles. The fraction of sp³-hybridized carbons (Fsp3) is 0.583. The van der Waals surface area contributed by atoms with E-state index < -0.39 is 11.7 Å². The van der Waals surface area contributed by atoms with Gasteiger partial charge in [-0.05, 0) is 30.9 Å². The van der Waals surface area contributed by atoms with E-state index in [1.807, 2.05) is 0 Å². The summed E-state index contributed by atoms with van der Waals surface area (Å²) in [4.78, 5) is 5.41. The van der Waals surface area contributed by atoms with E-state index in [-0.39, 0.29) is 11.2 Å². The zero-order valence-corrected chi connectivity index (χ0v) is 10.7. The lowest BCUT2D eigenvalue weighted by molar-refractivity contribution is -0.137. The minimum absolute atomic E-state index is 0.0111. The molecular weight excluding hydrogens is 265 g/mol. The van der Waals surface area contributed by atoms with Gasteiger partial charge in [0.05, 0.1) is 5.56 Å². The molecule has 1 fully saturated rings. The van der Waals surface area contributed by atoms with Gasteiger partial charge in [-0.1, -0.05) is 0 Å². The molecule has 1 heterocycles. The van der Waals surface area contributed by atoms with Gasteiger partial charge in [-0.2, -0.15) is 13.2 Å². The van der Waals surface area contributed by atoms with Crippen LogP contribution in [0.2, 0.25) is 0 Å².